The third-order valence-electron chi connectivity index (χ3n) is 1.79. The van der Waals surface area contributed by atoms with Crippen LogP contribution in [0.25, 0.3) is 0 Å². The van der Waals surface area contributed by atoms with Gasteiger partial charge in [-0.2, -0.15) is 5.48 Å². The summed E-state index contributed by atoms with van der Waals surface area (Å²) >= 11 is 0. The molecule has 1 aromatic rings. The van der Waals surface area contributed by atoms with E-state index >= 15 is 0 Å². The van der Waals surface area contributed by atoms with E-state index in [0.717, 1.165) is 0 Å². The Kier molecular flexibility index (Phi) is 4.52. The van der Waals surface area contributed by atoms with Crippen molar-refractivity contribution in [3.8, 4) is 0 Å². The van der Waals surface area contributed by atoms with Gasteiger partial charge in [0.05, 0.1) is 19.3 Å². The Bertz CT molecular complexity index is 281. The molecule has 0 bridgehead atoms. The number of hydroxylamine groups is 1. The monoisotopic (exact) mass is 199 g/mol. The molecule has 2 N–H and O–H groups in total. The van der Waals surface area contributed by atoms with Gasteiger partial charge in [-0.3, -0.25) is 0 Å². The summed E-state index contributed by atoms with van der Waals surface area (Å²) in [6, 6.07) is 6.14. The van der Waals surface area contributed by atoms with Crippen LogP contribution in [0.3, 0.4) is 0 Å². The van der Waals surface area contributed by atoms with Crippen LogP contribution in [0.5, 0.6) is 0 Å². The molecular weight excluding hydrogens is 185 g/mol. The van der Waals surface area contributed by atoms with E-state index in [0.29, 0.717) is 6.61 Å². The van der Waals surface area contributed by atoms with Crippen molar-refractivity contribution in [3.63, 3.8) is 0 Å². The lowest BCUT2D eigenvalue weighted by Crippen LogP contribution is -2.22. The number of nitrogens with one attached hydrogen (secondary N) is 1. The number of hydrogen-bond acceptors (Lipinski definition) is 3. The summed E-state index contributed by atoms with van der Waals surface area (Å²) in [4.78, 5) is 4.83. The summed E-state index contributed by atoms with van der Waals surface area (Å²) in [7, 11) is 0. The first kappa shape index (κ1) is 11.1. The summed E-state index contributed by atoms with van der Waals surface area (Å²) in [6.45, 7) is 2.50. The van der Waals surface area contributed by atoms with Crippen molar-refractivity contribution in [1.29, 1.82) is 0 Å². The highest BCUT2D eigenvalue weighted by atomic mass is 19.1. The molecule has 0 amide bonds. The predicted molar refractivity (Wildman–Crippen MR) is 51.0 cm³/mol. The predicted octanol–water partition coefficient (Wildman–Crippen LogP) is 1.40. The molecule has 14 heavy (non-hydrogen) atoms. The summed E-state index contributed by atoms with van der Waals surface area (Å²) in [5, 5.41) is 9.55. The average Bonchev–Trinajstić information content (AvgIpc) is 2.18. The zero-order chi connectivity index (χ0) is 10.4. The second kappa shape index (κ2) is 5.70. The summed E-state index contributed by atoms with van der Waals surface area (Å²) in [5.74, 6) is -0.404. The van der Waals surface area contributed by atoms with Crippen molar-refractivity contribution in [1.82, 2.24) is 5.48 Å². The van der Waals surface area contributed by atoms with E-state index in [1.807, 2.05) is 6.92 Å². The smallest absolute Gasteiger partial charge is 0.129 e. The Hall–Kier alpha value is -0.970. The average molecular weight is 199 g/mol. The fraction of sp³-hybridized carbons (Fsp3) is 0.400. The highest BCUT2D eigenvalue weighted by Crippen LogP contribution is 2.15. The van der Waals surface area contributed by atoms with Gasteiger partial charge in [-0.1, -0.05) is 18.2 Å². The van der Waals surface area contributed by atoms with E-state index in [2.05, 4.69) is 5.48 Å². The molecule has 0 spiro atoms. The highest BCUT2D eigenvalue weighted by molar-refractivity contribution is 5.19. The van der Waals surface area contributed by atoms with Gasteiger partial charge in [0.25, 0.3) is 0 Å². The number of hydrogen-bond donors (Lipinski definition) is 2. The van der Waals surface area contributed by atoms with Crippen LogP contribution in [-0.4, -0.2) is 18.3 Å². The lowest BCUT2D eigenvalue weighted by Gasteiger charge is -2.12. The van der Waals surface area contributed by atoms with Crippen LogP contribution >= 0.6 is 0 Å². The van der Waals surface area contributed by atoms with Gasteiger partial charge < -0.3 is 9.94 Å². The van der Waals surface area contributed by atoms with Crippen LogP contribution in [-0.2, 0) is 4.84 Å². The largest absolute Gasteiger partial charge is 0.387 e. The fourth-order valence-electron chi connectivity index (χ4n) is 1.10. The van der Waals surface area contributed by atoms with E-state index in [9.17, 15) is 9.50 Å². The molecule has 1 atom stereocenters. The van der Waals surface area contributed by atoms with Crippen molar-refractivity contribution in [3.05, 3.63) is 35.6 Å². The number of aliphatic hydroxyl groups is 1. The Balaban J connectivity index is 2.51. The maximum absolute atomic E-state index is 13.1. The van der Waals surface area contributed by atoms with Gasteiger partial charge in [-0.05, 0) is 13.0 Å². The Morgan fingerprint density at radius 3 is 2.86 bits per heavy atom. The van der Waals surface area contributed by atoms with Gasteiger partial charge in [0.15, 0.2) is 0 Å². The Morgan fingerprint density at radius 1 is 1.50 bits per heavy atom. The molecule has 0 saturated heterocycles. The fourth-order valence-corrected chi connectivity index (χ4v) is 1.10. The van der Waals surface area contributed by atoms with Crippen molar-refractivity contribution >= 4 is 0 Å². The molecule has 4 heteroatoms. The van der Waals surface area contributed by atoms with Gasteiger partial charge in [0, 0.05) is 5.56 Å². The second-order valence-corrected chi connectivity index (χ2v) is 2.82. The molecule has 0 radical (unpaired) electrons. The Morgan fingerprint density at radius 2 is 2.21 bits per heavy atom. The SMILES string of the molecule is CCONCC(O)c1ccccc1F. The van der Waals surface area contributed by atoms with E-state index in [1.54, 1.807) is 18.2 Å². The first-order chi connectivity index (χ1) is 6.75. The number of halogens is 1. The molecule has 0 fully saturated rings. The minimum absolute atomic E-state index is 0.175. The molecule has 1 rings (SSSR count). The zero-order valence-corrected chi connectivity index (χ0v) is 8.03. The van der Waals surface area contributed by atoms with Gasteiger partial charge in [-0.15, -0.1) is 0 Å². The van der Waals surface area contributed by atoms with Crippen LogP contribution in [0.2, 0.25) is 0 Å². The molecule has 0 aliphatic carbocycles. The maximum Gasteiger partial charge on any atom is 0.129 e. The number of rotatable bonds is 5. The highest BCUT2D eigenvalue weighted by Gasteiger charge is 2.11. The first-order valence-corrected chi connectivity index (χ1v) is 4.52. The van der Waals surface area contributed by atoms with Crippen LogP contribution in [0.15, 0.2) is 24.3 Å². The van der Waals surface area contributed by atoms with Crippen molar-refractivity contribution < 1.29 is 14.3 Å². The molecular formula is C10H14FNO2. The molecule has 1 aromatic carbocycles. The van der Waals surface area contributed by atoms with Crippen molar-refractivity contribution in [2.45, 2.75) is 13.0 Å². The van der Waals surface area contributed by atoms with E-state index in [1.165, 1.54) is 6.07 Å². The van der Waals surface area contributed by atoms with Gasteiger partial charge in [0.1, 0.15) is 5.82 Å². The third kappa shape index (κ3) is 3.06. The van der Waals surface area contributed by atoms with E-state index < -0.39 is 11.9 Å². The van der Waals surface area contributed by atoms with Crippen LogP contribution in [0, 0.1) is 5.82 Å². The van der Waals surface area contributed by atoms with Crippen molar-refractivity contribution in [2.24, 2.45) is 0 Å². The standard InChI is InChI=1S/C10H14FNO2/c1-2-14-12-7-10(13)8-5-3-4-6-9(8)11/h3-6,10,12-13H,2,7H2,1H3. The molecule has 78 valence electrons. The van der Waals surface area contributed by atoms with Crippen molar-refractivity contribution in [2.75, 3.05) is 13.2 Å². The summed E-state index contributed by atoms with van der Waals surface area (Å²) in [6.07, 6.45) is -0.886. The topological polar surface area (TPSA) is 41.5 Å². The number of aliphatic hydroxyl groups excluding tert-OH is 1. The lowest BCUT2D eigenvalue weighted by molar-refractivity contribution is 0.0201. The molecule has 0 heterocycles. The maximum atomic E-state index is 13.1. The second-order valence-electron chi connectivity index (χ2n) is 2.82. The summed E-state index contributed by atoms with van der Waals surface area (Å²) in [5.41, 5.74) is 2.82. The molecule has 0 aliphatic rings. The molecule has 3 nitrogen and oxygen atoms in total. The Labute approximate surface area is 82.5 Å². The van der Waals surface area contributed by atoms with Gasteiger partial charge >= 0.3 is 0 Å². The van der Waals surface area contributed by atoms with Crippen LogP contribution in [0.1, 0.15) is 18.6 Å². The molecule has 1 unspecified atom stereocenters. The number of benzene rings is 1. The van der Waals surface area contributed by atoms with Crippen LogP contribution in [0.4, 0.5) is 4.39 Å². The lowest BCUT2D eigenvalue weighted by atomic mass is 10.1. The summed E-state index contributed by atoms with van der Waals surface area (Å²) < 4.78 is 13.1. The quantitative estimate of drug-likeness (QED) is 0.556. The van der Waals surface area contributed by atoms with Gasteiger partial charge in [0.2, 0.25) is 0 Å². The van der Waals surface area contributed by atoms with Gasteiger partial charge in [-0.25, -0.2) is 4.39 Å². The first-order valence-electron chi connectivity index (χ1n) is 4.52. The minimum Gasteiger partial charge on any atom is -0.387 e. The normalized spacial score (nSPS) is 12.8. The molecule has 0 aliphatic heterocycles. The molecule has 0 aromatic heterocycles. The molecule has 0 saturated carbocycles. The minimum atomic E-state index is -0.886. The van der Waals surface area contributed by atoms with E-state index in [4.69, 9.17) is 4.84 Å². The zero-order valence-electron chi connectivity index (χ0n) is 8.03. The van der Waals surface area contributed by atoms with Crippen LogP contribution < -0.4 is 5.48 Å². The third-order valence-corrected chi connectivity index (χ3v) is 1.79. The van der Waals surface area contributed by atoms with E-state index in [-0.39, 0.29) is 12.1 Å².